The molecular weight excluding hydrogens is 414 g/mol. The molecule has 0 radical (unpaired) electrons. The first-order valence-electron chi connectivity index (χ1n) is 10.6. The summed E-state index contributed by atoms with van der Waals surface area (Å²) >= 11 is 1.59. The maximum Gasteiger partial charge on any atom is 0.187 e. The van der Waals surface area contributed by atoms with Crippen LogP contribution in [0.2, 0.25) is 0 Å². The number of benzene rings is 2. The second-order valence-electron chi connectivity index (χ2n) is 9.00. The number of hydrogen-bond acceptors (Lipinski definition) is 5. The molecule has 0 fully saturated rings. The number of hydrogen-bond donors (Lipinski definition) is 2. The zero-order valence-corrected chi connectivity index (χ0v) is 19.4. The molecule has 0 aliphatic heterocycles. The Morgan fingerprint density at radius 3 is 2.53 bits per heavy atom. The van der Waals surface area contributed by atoms with Crippen molar-refractivity contribution in [2.45, 2.75) is 33.1 Å². The molecule has 5 nitrogen and oxygen atoms in total. The van der Waals surface area contributed by atoms with Gasteiger partial charge >= 0.3 is 0 Å². The highest BCUT2D eigenvalue weighted by Gasteiger charge is 2.16. The molecule has 32 heavy (non-hydrogen) atoms. The molecule has 5 aromatic rings. The maximum absolute atomic E-state index is 4.88. The number of imidazole rings is 1. The van der Waals surface area contributed by atoms with E-state index in [-0.39, 0.29) is 5.41 Å². The number of pyridine rings is 1. The number of fused-ring (bicyclic) bond motifs is 1. The van der Waals surface area contributed by atoms with Gasteiger partial charge in [-0.2, -0.15) is 0 Å². The highest BCUT2D eigenvalue weighted by atomic mass is 32.1. The van der Waals surface area contributed by atoms with Crippen LogP contribution in [0.15, 0.2) is 66.3 Å². The fourth-order valence-corrected chi connectivity index (χ4v) is 4.40. The van der Waals surface area contributed by atoms with Crippen molar-refractivity contribution in [3.8, 4) is 22.6 Å². The minimum absolute atomic E-state index is 0.0958. The lowest BCUT2D eigenvalue weighted by atomic mass is 9.86. The van der Waals surface area contributed by atoms with Gasteiger partial charge in [0.25, 0.3) is 0 Å². The van der Waals surface area contributed by atoms with E-state index >= 15 is 0 Å². The molecule has 160 valence electrons. The predicted molar refractivity (Wildman–Crippen MR) is 134 cm³/mol. The number of anilines is 2. The highest BCUT2D eigenvalue weighted by molar-refractivity contribution is 7.14. The number of nitrogens with one attached hydrogen (secondary N) is 2. The van der Waals surface area contributed by atoms with Crippen molar-refractivity contribution in [1.29, 1.82) is 0 Å². The minimum Gasteiger partial charge on any atom is -0.338 e. The molecule has 0 saturated carbocycles. The third-order valence-corrected chi connectivity index (χ3v) is 6.31. The monoisotopic (exact) mass is 439 g/mol. The van der Waals surface area contributed by atoms with Gasteiger partial charge in [0.15, 0.2) is 5.13 Å². The van der Waals surface area contributed by atoms with Crippen LogP contribution in [0.25, 0.3) is 33.7 Å². The first-order chi connectivity index (χ1) is 15.4. The van der Waals surface area contributed by atoms with Crippen molar-refractivity contribution in [2.24, 2.45) is 0 Å². The van der Waals surface area contributed by atoms with Crippen LogP contribution in [0, 0.1) is 6.92 Å². The molecular formula is C26H25N5S. The molecule has 6 heteroatoms. The van der Waals surface area contributed by atoms with Gasteiger partial charge in [0.05, 0.1) is 16.7 Å². The fourth-order valence-electron chi connectivity index (χ4n) is 3.67. The van der Waals surface area contributed by atoms with Crippen LogP contribution in [-0.4, -0.2) is 19.9 Å². The molecule has 0 atom stereocenters. The van der Waals surface area contributed by atoms with Crippen molar-refractivity contribution >= 4 is 33.2 Å². The molecule has 5 rings (SSSR count). The van der Waals surface area contributed by atoms with Gasteiger partial charge in [-0.3, -0.25) is 4.98 Å². The van der Waals surface area contributed by atoms with Gasteiger partial charge in [0, 0.05) is 34.6 Å². The molecule has 0 saturated heterocycles. The average molecular weight is 440 g/mol. The van der Waals surface area contributed by atoms with Crippen molar-refractivity contribution < 1.29 is 0 Å². The van der Waals surface area contributed by atoms with Crippen molar-refractivity contribution in [3.63, 3.8) is 0 Å². The van der Waals surface area contributed by atoms with Crippen molar-refractivity contribution in [1.82, 2.24) is 19.9 Å². The quantitative estimate of drug-likeness (QED) is 0.313. The largest absolute Gasteiger partial charge is 0.338 e. The van der Waals surface area contributed by atoms with E-state index in [4.69, 9.17) is 9.97 Å². The Balaban J connectivity index is 1.45. The van der Waals surface area contributed by atoms with Crippen LogP contribution in [0.4, 0.5) is 10.8 Å². The minimum atomic E-state index is 0.0958. The standard InChI is InChI=1S/C26H25N5S/c1-16-12-21-22(29-24(28-21)18-6-5-7-19(13-18)26(2,3)4)14-20(16)30-25-31-23(15-32-25)17-8-10-27-11-9-17/h5-15H,1-4H3,(H,28,29)(H,30,31). The third kappa shape index (κ3) is 4.01. The number of aromatic nitrogens is 4. The lowest BCUT2D eigenvalue weighted by Gasteiger charge is -2.19. The SMILES string of the molecule is Cc1cc2[nH]c(-c3cccc(C(C)(C)C)c3)nc2cc1Nc1nc(-c2ccncc2)cs1. The van der Waals surface area contributed by atoms with Crippen LogP contribution in [0.5, 0.6) is 0 Å². The Morgan fingerprint density at radius 2 is 1.75 bits per heavy atom. The van der Waals surface area contributed by atoms with E-state index in [0.29, 0.717) is 0 Å². The molecule has 0 aliphatic carbocycles. The molecule has 0 aliphatic rings. The topological polar surface area (TPSA) is 66.5 Å². The first kappa shape index (κ1) is 20.4. The Hall–Kier alpha value is -3.51. The summed E-state index contributed by atoms with van der Waals surface area (Å²) in [5.74, 6) is 0.886. The van der Waals surface area contributed by atoms with Gasteiger partial charge in [-0.25, -0.2) is 9.97 Å². The summed E-state index contributed by atoms with van der Waals surface area (Å²) in [5.41, 5.74) is 8.60. The van der Waals surface area contributed by atoms with E-state index in [0.717, 1.165) is 50.1 Å². The van der Waals surface area contributed by atoms with Gasteiger partial charge in [-0.05, 0) is 53.8 Å². The predicted octanol–water partition coefficient (Wildman–Crippen LogP) is 7.10. The second kappa shape index (κ2) is 7.88. The van der Waals surface area contributed by atoms with Gasteiger partial charge in [-0.1, -0.05) is 39.0 Å². The number of thiazole rings is 1. The van der Waals surface area contributed by atoms with Gasteiger partial charge < -0.3 is 10.3 Å². The number of nitrogens with zero attached hydrogens (tertiary/aromatic N) is 3. The lowest BCUT2D eigenvalue weighted by molar-refractivity contribution is 0.590. The molecule has 3 aromatic heterocycles. The first-order valence-corrected chi connectivity index (χ1v) is 11.5. The van der Waals surface area contributed by atoms with Crippen LogP contribution in [0.1, 0.15) is 31.9 Å². The Bertz CT molecular complexity index is 1390. The number of rotatable bonds is 4. The second-order valence-corrected chi connectivity index (χ2v) is 9.86. The van der Waals surface area contributed by atoms with E-state index < -0.39 is 0 Å². The van der Waals surface area contributed by atoms with E-state index in [1.165, 1.54) is 5.56 Å². The maximum atomic E-state index is 4.88. The van der Waals surface area contributed by atoms with Crippen LogP contribution >= 0.6 is 11.3 Å². The van der Waals surface area contributed by atoms with E-state index in [1.54, 1.807) is 23.7 Å². The molecule has 2 aromatic carbocycles. The number of aryl methyl sites for hydroxylation is 1. The number of aromatic amines is 1. The lowest BCUT2D eigenvalue weighted by Crippen LogP contribution is -2.10. The van der Waals surface area contributed by atoms with E-state index in [9.17, 15) is 0 Å². The zero-order valence-electron chi connectivity index (χ0n) is 18.6. The summed E-state index contributed by atoms with van der Waals surface area (Å²) < 4.78 is 0. The van der Waals surface area contributed by atoms with Crippen molar-refractivity contribution in [2.75, 3.05) is 5.32 Å². The molecule has 0 bridgehead atoms. The summed E-state index contributed by atoms with van der Waals surface area (Å²) in [6, 6.07) is 16.8. The third-order valence-electron chi connectivity index (χ3n) is 5.55. The van der Waals surface area contributed by atoms with E-state index in [1.807, 2.05) is 12.1 Å². The number of H-pyrrole nitrogens is 1. The van der Waals surface area contributed by atoms with Crippen LogP contribution in [-0.2, 0) is 5.41 Å². The highest BCUT2D eigenvalue weighted by Crippen LogP contribution is 2.32. The Labute approximate surface area is 191 Å². The smallest absolute Gasteiger partial charge is 0.187 e. The van der Waals surface area contributed by atoms with Crippen LogP contribution in [0.3, 0.4) is 0 Å². The average Bonchev–Trinajstić information content (AvgIpc) is 3.41. The summed E-state index contributed by atoms with van der Waals surface area (Å²) in [5, 5.41) is 6.38. The summed E-state index contributed by atoms with van der Waals surface area (Å²) in [7, 11) is 0. The normalized spacial score (nSPS) is 11.8. The van der Waals surface area contributed by atoms with Crippen molar-refractivity contribution in [3.05, 3.63) is 77.4 Å². The summed E-state index contributed by atoms with van der Waals surface area (Å²) in [6.07, 6.45) is 3.57. The molecule has 3 heterocycles. The van der Waals surface area contributed by atoms with Crippen LogP contribution < -0.4 is 5.32 Å². The molecule has 0 amide bonds. The summed E-state index contributed by atoms with van der Waals surface area (Å²) in [6.45, 7) is 8.78. The molecule has 2 N–H and O–H groups in total. The van der Waals surface area contributed by atoms with E-state index in [2.05, 4.69) is 84.8 Å². The van der Waals surface area contributed by atoms with Gasteiger partial charge in [0.2, 0.25) is 0 Å². The summed E-state index contributed by atoms with van der Waals surface area (Å²) in [4.78, 5) is 17.2. The fraction of sp³-hybridized carbons (Fsp3) is 0.192. The Kier molecular flexibility index (Phi) is 5.02. The Morgan fingerprint density at radius 1 is 0.938 bits per heavy atom. The molecule has 0 unspecified atom stereocenters. The van der Waals surface area contributed by atoms with Gasteiger partial charge in [-0.15, -0.1) is 11.3 Å². The molecule has 0 spiro atoms. The van der Waals surface area contributed by atoms with Gasteiger partial charge in [0.1, 0.15) is 5.82 Å². The zero-order chi connectivity index (χ0) is 22.3.